The van der Waals surface area contributed by atoms with Gasteiger partial charge in [0.25, 0.3) is 0 Å². The molecule has 0 aliphatic heterocycles. The van der Waals surface area contributed by atoms with Crippen LogP contribution in [-0.2, 0) is 16.1 Å². The fraction of sp³-hybridized carbons (Fsp3) is 0.161. The number of carbonyl (C=O) groups is 2. The Labute approximate surface area is 231 Å². The van der Waals surface area contributed by atoms with Crippen LogP contribution < -0.4 is 14.2 Å². The number of halogens is 1. The summed E-state index contributed by atoms with van der Waals surface area (Å²) in [5.41, 5.74) is 1.47. The van der Waals surface area contributed by atoms with E-state index < -0.39 is 11.8 Å². The van der Waals surface area contributed by atoms with Crippen molar-refractivity contribution in [3.63, 3.8) is 0 Å². The fourth-order valence-electron chi connectivity index (χ4n) is 4.02. The molecule has 0 aliphatic rings. The Hall–Kier alpha value is -4.51. The number of carbonyl (C=O) groups excluding carboxylic acids is 2. The summed E-state index contributed by atoms with van der Waals surface area (Å²) in [5.74, 6) is 5.25. The van der Waals surface area contributed by atoms with Crippen molar-refractivity contribution < 1.29 is 33.3 Å². The van der Waals surface area contributed by atoms with Gasteiger partial charge in [-0.1, -0.05) is 53.9 Å². The van der Waals surface area contributed by atoms with E-state index in [-0.39, 0.29) is 35.5 Å². The van der Waals surface area contributed by atoms with Gasteiger partial charge in [0.15, 0.2) is 6.79 Å². The largest absolute Gasteiger partial charge is 0.496 e. The number of Topliss-reactive ketones (excluding diaryl/α,β-unsaturated/α-hetero) is 1. The van der Waals surface area contributed by atoms with Crippen LogP contribution in [0.1, 0.15) is 31.8 Å². The van der Waals surface area contributed by atoms with Crippen LogP contribution in [-0.4, -0.2) is 39.9 Å². The molecule has 39 heavy (non-hydrogen) atoms. The molecule has 8 heteroatoms. The standard InChI is InChI=1S/C31H25ClO7/c1-35-19-39-30-27(25(33)15-14-20-10-6-4-7-11-20)22(18-38-31(34)21-12-8-5-9-13-21)16-23-26(36-2)17-24(32)29(37-3)28(23)30/h4-13,16-17H,18-19H2,1-3H3. The van der Waals surface area contributed by atoms with E-state index in [0.29, 0.717) is 33.2 Å². The van der Waals surface area contributed by atoms with Crippen LogP contribution in [0, 0.1) is 11.8 Å². The lowest BCUT2D eigenvalue weighted by molar-refractivity contribution is 0.0458. The predicted octanol–water partition coefficient (Wildman–Crippen LogP) is 6.08. The first kappa shape index (κ1) is 27.5. The topological polar surface area (TPSA) is 80.3 Å². The van der Waals surface area contributed by atoms with Gasteiger partial charge in [-0.25, -0.2) is 4.79 Å². The third-order valence-electron chi connectivity index (χ3n) is 5.77. The van der Waals surface area contributed by atoms with Crippen LogP contribution in [0.2, 0.25) is 5.02 Å². The first-order chi connectivity index (χ1) is 19.0. The van der Waals surface area contributed by atoms with Gasteiger partial charge in [-0.2, -0.15) is 0 Å². The number of ether oxygens (including phenoxy) is 5. The zero-order valence-electron chi connectivity index (χ0n) is 21.6. The molecular weight excluding hydrogens is 520 g/mol. The van der Waals surface area contributed by atoms with E-state index in [1.807, 2.05) is 18.2 Å². The highest BCUT2D eigenvalue weighted by Gasteiger charge is 2.27. The van der Waals surface area contributed by atoms with Gasteiger partial charge in [0, 0.05) is 29.7 Å². The second-order valence-electron chi connectivity index (χ2n) is 8.19. The molecule has 0 bridgehead atoms. The zero-order chi connectivity index (χ0) is 27.8. The molecule has 0 amide bonds. The van der Waals surface area contributed by atoms with E-state index in [2.05, 4.69) is 11.8 Å². The maximum atomic E-state index is 13.7. The van der Waals surface area contributed by atoms with Gasteiger partial charge in [-0.15, -0.1) is 0 Å². The summed E-state index contributed by atoms with van der Waals surface area (Å²) in [7, 11) is 4.40. The molecule has 0 N–H and O–H groups in total. The second-order valence-corrected chi connectivity index (χ2v) is 8.60. The normalized spacial score (nSPS) is 10.4. The van der Waals surface area contributed by atoms with Crippen molar-refractivity contribution in [3.8, 4) is 29.1 Å². The van der Waals surface area contributed by atoms with Crippen molar-refractivity contribution in [2.24, 2.45) is 0 Å². The second kappa shape index (κ2) is 12.8. The van der Waals surface area contributed by atoms with Crippen molar-refractivity contribution in [2.75, 3.05) is 28.1 Å². The highest BCUT2D eigenvalue weighted by molar-refractivity contribution is 6.34. The first-order valence-corrected chi connectivity index (χ1v) is 12.2. The molecule has 0 aliphatic carbocycles. The molecule has 0 unspecified atom stereocenters. The SMILES string of the molecule is COCOc1c(C(=O)C#Cc2ccccc2)c(COC(=O)c2ccccc2)cc2c(OC)cc(Cl)c(OC)c12. The van der Waals surface area contributed by atoms with Crippen molar-refractivity contribution in [1.82, 2.24) is 0 Å². The highest BCUT2D eigenvalue weighted by atomic mass is 35.5. The number of benzene rings is 4. The third-order valence-corrected chi connectivity index (χ3v) is 6.05. The Balaban J connectivity index is 1.93. The van der Waals surface area contributed by atoms with Gasteiger partial charge >= 0.3 is 5.97 Å². The van der Waals surface area contributed by atoms with Crippen LogP contribution in [0.4, 0.5) is 0 Å². The molecule has 7 nitrogen and oxygen atoms in total. The number of hydrogen-bond donors (Lipinski definition) is 0. The van der Waals surface area contributed by atoms with E-state index >= 15 is 0 Å². The molecule has 4 rings (SSSR count). The summed E-state index contributed by atoms with van der Waals surface area (Å²) in [6, 6.07) is 20.9. The lowest BCUT2D eigenvalue weighted by Gasteiger charge is -2.20. The van der Waals surface area contributed by atoms with Crippen molar-refractivity contribution in [2.45, 2.75) is 6.61 Å². The summed E-state index contributed by atoms with van der Waals surface area (Å²) >= 11 is 6.50. The summed E-state index contributed by atoms with van der Waals surface area (Å²) < 4.78 is 27.9. The van der Waals surface area contributed by atoms with Crippen molar-refractivity contribution in [1.29, 1.82) is 0 Å². The molecule has 4 aromatic rings. The Morgan fingerprint density at radius 3 is 2.21 bits per heavy atom. The van der Waals surface area contributed by atoms with Gasteiger partial charge in [0.1, 0.15) is 23.9 Å². The van der Waals surface area contributed by atoms with E-state index in [4.69, 9.17) is 35.3 Å². The smallest absolute Gasteiger partial charge is 0.338 e. The molecule has 0 heterocycles. The van der Waals surface area contributed by atoms with Crippen LogP contribution >= 0.6 is 11.6 Å². The number of esters is 1. The minimum Gasteiger partial charge on any atom is -0.496 e. The quantitative estimate of drug-likeness (QED) is 0.109. The molecule has 0 fully saturated rings. The Morgan fingerprint density at radius 1 is 0.872 bits per heavy atom. The average molecular weight is 545 g/mol. The summed E-state index contributed by atoms with van der Waals surface area (Å²) in [6.07, 6.45) is 0. The van der Waals surface area contributed by atoms with E-state index in [9.17, 15) is 9.59 Å². The third kappa shape index (κ3) is 6.15. The summed E-state index contributed by atoms with van der Waals surface area (Å²) in [5, 5.41) is 1.17. The lowest BCUT2D eigenvalue weighted by Crippen LogP contribution is -2.12. The molecule has 0 atom stereocenters. The average Bonchev–Trinajstić information content (AvgIpc) is 2.97. The zero-order valence-corrected chi connectivity index (χ0v) is 22.3. The molecule has 4 aromatic carbocycles. The molecular formula is C31H25ClO7. The van der Waals surface area contributed by atoms with E-state index in [1.54, 1.807) is 54.6 Å². The maximum absolute atomic E-state index is 13.7. The molecule has 0 radical (unpaired) electrons. The van der Waals surface area contributed by atoms with E-state index in [1.165, 1.54) is 21.3 Å². The lowest BCUT2D eigenvalue weighted by atomic mass is 9.95. The number of fused-ring (bicyclic) bond motifs is 1. The molecule has 0 saturated heterocycles. The minimum absolute atomic E-state index is 0.0893. The monoisotopic (exact) mass is 544 g/mol. The number of ketones is 1. The Morgan fingerprint density at radius 2 is 1.56 bits per heavy atom. The summed E-state index contributed by atoms with van der Waals surface area (Å²) in [4.78, 5) is 26.4. The number of hydrogen-bond acceptors (Lipinski definition) is 7. The molecule has 0 spiro atoms. The van der Waals surface area contributed by atoms with Crippen LogP contribution in [0.5, 0.6) is 17.2 Å². The predicted molar refractivity (Wildman–Crippen MR) is 148 cm³/mol. The van der Waals surface area contributed by atoms with Crippen molar-refractivity contribution in [3.05, 3.63) is 100 Å². The van der Waals surface area contributed by atoms with Gasteiger partial charge in [0.05, 0.1) is 35.8 Å². The van der Waals surface area contributed by atoms with Gasteiger partial charge in [-0.3, -0.25) is 4.79 Å². The fourth-order valence-corrected chi connectivity index (χ4v) is 4.29. The molecule has 0 aromatic heterocycles. The molecule has 198 valence electrons. The number of rotatable bonds is 9. The maximum Gasteiger partial charge on any atom is 0.338 e. The van der Waals surface area contributed by atoms with Gasteiger partial charge < -0.3 is 23.7 Å². The van der Waals surface area contributed by atoms with Crippen LogP contribution in [0.25, 0.3) is 10.8 Å². The van der Waals surface area contributed by atoms with Gasteiger partial charge in [-0.05, 0) is 36.3 Å². The van der Waals surface area contributed by atoms with Crippen LogP contribution in [0.15, 0.2) is 72.8 Å². The minimum atomic E-state index is -0.557. The highest BCUT2D eigenvalue weighted by Crippen LogP contribution is 2.47. The Bertz CT molecular complexity index is 1550. The molecule has 0 saturated carbocycles. The van der Waals surface area contributed by atoms with Crippen molar-refractivity contribution >= 4 is 34.1 Å². The first-order valence-electron chi connectivity index (χ1n) is 11.8. The summed E-state index contributed by atoms with van der Waals surface area (Å²) in [6.45, 7) is -0.429. The van der Waals surface area contributed by atoms with Gasteiger partial charge in [0.2, 0.25) is 5.78 Å². The number of methoxy groups -OCH3 is 3. The Kier molecular flexibility index (Phi) is 9.06. The van der Waals surface area contributed by atoms with E-state index in [0.717, 1.165) is 0 Å². The van der Waals surface area contributed by atoms with Crippen LogP contribution in [0.3, 0.4) is 0 Å².